The topological polar surface area (TPSA) is 9.23 Å². The Hall–Kier alpha value is -2.68. The average Bonchev–Trinajstić information content (AvgIpc) is 2.66. The summed E-state index contributed by atoms with van der Waals surface area (Å²) in [5.74, 6) is -0.0730. The number of unbranched alkanes of at least 4 members (excludes halogenated alkanes) is 2. The van der Waals surface area contributed by atoms with Gasteiger partial charge >= 0.3 is 0 Å². The molecule has 0 aromatic heterocycles. The standard InChI is InChI=1S/C23H22F2O/c1-2-3-6-15-26-19-13-14-22(23(25)16-19)21-8-5-4-7-20(21)17-9-11-18(24)12-10-17/h4-5,7-14,16H,2-3,6,15H2,1H3. The van der Waals surface area contributed by atoms with Crippen LogP contribution in [0.3, 0.4) is 0 Å². The van der Waals surface area contributed by atoms with Gasteiger partial charge in [0.2, 0.25) is 0 Å². The normalized spacial score (nSPS) is 10.7. The van der Waals surface area contributed by atoms with Gasteiger partial charge in [-0.3, -0.25) is 0 Å². The number of ether oxygens (including phenoxy) is 1. The molecule has 0 radical (unpaired) electrons. The lowest BCUT2D eigenvalue weighted by molar-refractivity contribution is 0.305. The molecule has 0 saturated carbocycles. The molecule has 26 heavy (non-hydrogen) atoms. The Morgan fingerprint density at radius 3 is 2.19 bits per heavy atom. The molecule has 3 aromatic carbocycles. The Labute approximate surface area is 153 Å². The van der Waals surface area contributed by atoms with Crippen LogP contribution >= 0.6 is 0 Å². The molecule has 0 bridgehead atoms. The van der Waals surface area contributed by atoms with Crippen molar-refractivity contribution < 1.29 is 13.5 Å². The van der Waals surface area contributed by atoms with Gasteiger partial charge < -0.3 is 4.74 Å². The van der Waals surface area contributed by atoms with Crippen LogP contribution in [0, 0.1) is 11.6 Å². The second-order valence-corrected chi connectivity index (χ2v) is 6.25. The van der Waals surface area contributed by atoms with E-state index in [1.807, 2.05) is 24.3 Å². The van der Waals surface area contributed by atoms with Crippen LogP contribution in [0.15, 0.2) is 66.7 Å². The summed E-state index contributed by atoms with van der Waals surface area (Å²) in [6, 6.07) is 18.8. The van der Waals surface area contributed by atoms with Gasteiger partial charge in [-0.25, -0.2) is 8.78 Å². The van der Waals surface area contributed by atoms with E-state index in [2.05, 4.69) is 6.92 Å². The molecule has 0 amide bonds. The molecule has 0 aliphatic rings. The lowest BCUT2D eigenvalue weighted by atomic mass is 9.94. The molecule has 3 aromatic rings. The summed E-state index contributed by atoms with van der Waals surface area (Å²) < 4.78 is 33.6. The zero-order valence-electron chi connectivity index (χ0n) is 14.8. The van der Waals surface area contributed by atoms with Gasteiger partial charge in [-0.1, -0.05) is 56.2 Å². The monoisotopic (exact) mass is 352 g/mol. The van der Waals surface area contributed by atoms with Crippen LogP contribution in [-0.2, 0) is 0 Å². The van der Waals surface area contributed by atoms with Crippen molar-refractivity contribution in [2.24, 2.45) is 0 Å². The Bertz CT molecular complexity index is 856. The third kappa shape index (κ3) is 4.29. The zero-order valence-corrected chi connectivity index (χ0v) is 14.8. The second kappa shape index (κ2) is 8.61. The molecule has 3 rings (SSSR count). The van der Waals surface area contributed by atoms with Crippen LogP contribution in [0.1, 0.15) is 26.2 Å². The summed E-state index contributed by atoms with van der Waals surface area (Å²) in [4.78, 5) is 0. The van der Waals surface area contributed by atoms with E-state index in [-0.39, 0.29) is 11.6 Å². The van der Waals surface area contributed by atoms with E-state index >= 15 is 0 Å². The first kappa shape index (κ1) is 18.1. The van der Waals surface area contributed by atoms with Crippen molar-refractivity contribution in [1.29, 1.82) is 0 Å². The van der Waals surface area contributed by atoms with E-state index in [4.69, 9.17) is 4.74 Å². The number of rotatable bonds is 7. The van der Waals surface area contributed by atoms with Gasteiger partial charge in [0.05, 0.1) is 6.61 Å². The fourth-order valence-corrected chi connectivity index (χ4v) is 2.95. The van der Waals surface area contributed by atoms with Crippen molar-refractivity contribution >= 4 is 0 Å². The quantitative estimate of drug-likeness (QED) is 0.422. The summed E-state index contributed by atoms with van der Waals surface area (Å²) in [5, 5.41) is 0. The molecule has 0 aliphatic carbocycles. The van der Waals surface area contributed by atoms with Crippen LogP contribution in [0.25, 0.3) is 22.3 Å². The van der Waals surface area contributed by atoms with Crippen LogP contribution < -0.4 is 4.74 Å². The first-order chi connectivity index (χ1) is 12.7. The molecule has 0 saturated heterocycles. The number of benzene rings is 3. The number of hydrogen-bond donors (Lipinski definition) is 0. The van der Waals surface area contributed by atoms with Gasteiger partial charge in [-0.2, -0.15) is 0 Å². The highest BCUT2D eigenvalue weighted by molar-refractivity contribution is 5.83. The van der Waals surface area contributed by atoms with Gasteiger partial charge in [0.1, 0.15) is 17.4 Å². The summed E-state index contributed by atoms with van der Waals surface area (Å²) >= 11 is 0. The third-order valence-electron chi connectivity index (χ3n) is 4.33. The third-order valence-corrected chi connectivity index (χ3v) is 4.33. The molecular weight excluding hydrogens is 330 g/mol. The highest BCUT2D eigenvalue weighted by Gasteiger charge is 2.12. The van der Waals surface area contributed by atoms with Crippen LogP contribution in [-0.4, -0.2) is 6.61 Å². The van der Waals surface area contributed by atoms with E-state index in [0.29, 0.717) is 17.9 Å². The fraction of sp³-hybridized carbons (Fsp3) is 0.217. The van der Waals surface area contributed by atoms with Crippen molar-refractivity contribution in [3.63, 3.8) is 0 Å². The van der Waals surface area contributed by atoms with E-state index < -0.39 is 0 Å². The van der Waals surface area contributed by atoms with Gasteiger partial charge in [0, 0.05) is 11.6 Å². The summed E-state index contributed by atoms with van der Waals surface area (Å²) in [5.41, 5.74) is 2.99. The molecule has 0 aliphatic heterocycles. The van der Waals surface area contributed by atoms with E-state index in [9.17, 15) is 8.78 Å². The average molecular weight is 352 g/mol. The number of halogens is 2. The molecular formula is C23H22F2O. The molecule has 0 spiro atoms. The van der Waals surface area contributed by atoms with Crippen molar-refractivity contribution in [2.45, 2.75) is 26.2 Å². The predicted octanol–water partition coefficient (Wildman–Crippen LogP) is 6.87. The summed E-state index contributed by atoms with van der Waals surface area (Å²) in [7, 11) is 0. The minimum atomic E-state index is -0.326. The van der Waals surface area contributed by atoms with E-state index in [0.717, 1.165) is 36.0 Å². The van der Waals surface area contributed by atoms with Gasteiger partial charge in [0.25, 0.3) is 0 Å². The van der Waals surface area contributed by atoms with Crippen molar-refractivity contribution in [2.75, 3.05) is 6.61 Å². The molecule has 0 fully saturated rings. The second-order valence-electron chi connectivity index (χ2n) is 6.25. The Balaban J connectivity index is 1.88. The zero-order chi connectivity index (χ0) is 18.4. The van der Waals surface area contributed by atoms with Crippen LogP contribution in [0.4, 0.5) is 8.78 Å². The first-order valence-corrected chi connectivity index (χ1v) is 8.96. The van der Waals surface area contributed by atoms with Crippen molar-refractivity contribution in [1.82, 2.24) is 0 Å². The smallest absolute Gasteiger partial charge is 0.134 e. The largest absolute Gasteiger partial charge is 0.493 e. The first-order valence-electron chi connectivity index (χ1n) is 8.96. The molecule has 134 valence electrons. The van der Waals surface area contributed by atoms with Crippen LogP contribution in [0.5, 0.6) is 5.75 Å². The van der Waals surface area contributed by atoms with Gasteiger partial charge in [0.15, 0.2) is 0 Å². The predicted molar refractivity (Wildman–Crippen MR) is 102 cm³/mol. The van der Waals surface area contributed by atoms with Crippen molar-refractivity contribution in [3.05, 3.63) is 78.4 Å². The summed E-state index contributed by atoms with van der Waals surface area (Å²) in [6.07, 6.45) is 3.19. The SMILES string of the molecule is CCCCCOc1ccc(-c2ccccc2-c2ccc(F)cc2)c(F)c1. The fourth-order valence-electron chi connectivity index (χ4n) is 2.95. The van der Waals surface area contributed by atoms with E-state index in [1.165, 1.54) is 18.2 Å². The van der Waals surface area contributed by atoms with E-state index in [1.54, 1.807) is 24.3 Å². The highest BCUT2D eigenvalue weighted by atomic mass is 19.1. The maximum atomic E-state index is 14.7. The molecule has 0 unspecified atom stereocenters. The Kier molecular flexibility index (Phi) is 6.00. The van der Waals surface area contributed by atoms with Crippen molar-refractivity contribution in [3.8, 4) is 28.0 Å². The molecule has 0 N–H and O–H groups in total. The minimum Gasteiger partial charge on any atom is -0.493 e. The molecule has 1 nitrogen and oxygen atoms in total. The maximum absolute atomic E-state index is 14.7. The minimum absolute atomic E-state index is 0.290. The Morgan fingerprint density at radius 1 is 0.769 bits per heavy atom. The van der Waals surface area contributed by atoms with Gasteiger partial charge in [-0.05, 0) is 47.4 Å². The molecule has 3 heteroatoms. The molecule has 0 heterocycles. The molecule has 0 atom stereocenters. The van der Waals surface area contributed by atoms with Gasteiger partial charge in [-0.15, -0.1) is 0 Å². The number of hydrogen-bond acceptors (Lipinski definition) is 1. The lowest BCUT2D eigenvalue weighted by Crippen LogP contribution is -1.98. The maximum Gasteiger partial charge on any atom is 0.134 e. The Morgan fingerprint density at radius 2 is 1.50 bits per heavy atom. The summed E-state index contributed by atoms with van der Waals surface area (Å²) in [6.45, 7) is 2.73. The van der Waals surface area contributed by atoms with Crippen LogP contribution in [0.2, 0.25) is 0 Å². The highest BCUT2D eigenvalue weighted by Crippen LogP contribution is 2.34. The lowest BCUT2D eigenvalue weighted by Gasteiger charge is -2.12.